The second kappa shape index (κ2) is 4.74. The molecule has 3 N–H and O–H groups in total. The summed E-state index contributed by atoms with van der Waals surface area (Å²) in [5.74, 6) is -0.895. The number of amides is 4. The zero-order valence-corrected chi connectivity index (χ0v) is 8.32. The molecule has 1 heterocycles. The van der Waals surface area contributed by atoms with Gasteiger partial charge in [-0.25, -0.2) is 4.79 Å². The van der Waals surface area contributed by atoms with Crippen molar-refractivity contribution in [3.63, 3.8) is 0 Å². The van der Waals surface area contributed by atoms with E-state index >= 15 is 0 Å². The number of hydrogen-bond donors (Lipinski definition) is 3. The average molecular weight is 215 g/mol. The van der Waals surface area contributed by atoms with Gasteiger partial charge in [0, 0.05) is 6.04 Å². The molecule has 84 valence electrons. The first kappa shape index (κ1) is 11.4. The summed E-state index contributed by atoms with van der Waals surface area (Å²) in [6.07, 6.45) is 0. The molecular formula is C8H13N3O4. The highest BCUT2D eigenvalue weighted by Gasteiger charge is 2.30. The Balaban J connectivity index is 2.44. The van der Waals surface area contributed by atoms with Crippen LogP contribution in [0.2, 0.25) is 0 Å². The Morgan fingerprint density at radius 1 is 1.67 bits per heavy atom. The third-order valence-corrected chi connectivity index (χ3v) is 1.92. The average Bonchev–Trinajstić information content (AvgIpc) is 2.49. The van der Waals surface area contributed by atoms with Gasteiger partial charge in [0.2, 0.25) is 5.91 Å². The van der Waals surface area contributed by atoms with E-state index in [-0.39, 0.29) is 19.7 Å². The van der Waals surface area contributed by atoms with Crippen LogP contribution >= 0.6 is 0 Å². The number of carbonyl (C=O) groups excluding carboxylic acids is 3. The highest BCUT2D eigenvalue weighted by Crippen LogP contribution is 1.97. The van der Waals surface area contributed by atoms with E-state index in [0.717, 1.165) is 4.90 Å². The van der Waals surface area contributed by atoms with E-state index in [0.29, 0.717) is 0 Å². The maximum atomic E-state index is 11.3. The zero-order chi connectivity index (χ0) is 11.4. The molecule has 1 fully saturated rings. The molecule has 4 amide bonds. The van der Waals surface area contributed by atoms with Gasteiger partial charge in [0.25, 0.3) is 5.91 Å². The maximum absolute atomic E-state index is 11.3. The van der Waals surface area contributed by atoms with Crippen LogP contribution in [0.5, 0.6) is 0 Å². The van der Waals surface area contributed by atoms with Crippen molar-refractivity contribution in [1.29, 1.82) is 0 Å². The van der Waals surface area contributed by atoms with Crippen LogP contribution in [-0.2, 0) is 9.59 Å². The summed E-state index contributed by atoms with van der Waals surface area (Å²) in [5, 5.41) is 13.4. The topological polar surface area (TPSA) is 98.7 Å². The lowest BCUT2D eigenvalue weighted by Crippen LogP contribution is -2.44. The Hall–Kier alpha value is -1.63. The minimum Gasteiger partial charge on any atom is -0.394 e. The Morgan fingerprint density at radius 2 is 2.33 bits per heavy atom. The molecule has 0 aromatic carbocycles. The smallest absolute Gasteiger partial charge is 0.325 e. The first-order valence-corrected chi connectivity index (χ1v) is 4.53. The van der Waals surface area contributed by atoms with Gasteiger partial charge in [-0.2, -0.15) is 0 Å². The summed E-state index contributed by atoms with van der Waals surface area (Å²) < 4.78 is 0. The summed E-state index contributed by atoms with van der Waals surface area (Å²) in [6, 6.07) is -0.954. The van der Waals surface area contributed by atoms with Gasteiger partial charge in [0.1, 0.15) is 6.54 Å². The number of carbonyl (C=O) groups is 3. The van der Waals surface area contributed by atoms with Gasteiger partial charge >= 0.3 is 6.03 Å². The molecule has 1 aliphatic rings. The minimum atomic E-state index is -0.563. The summed E-state index contributed by atoms with van der Waals surface area (Å²) >= 11 is 0. The van der Waals surface area contributed by atoms with E-state index in [1.807, 2.05) is 0 Å². The van der Waals surface area contributed by atoms with E-state index in [4.69, 9.17) is 5.11 Å². The Labute approximate surface area is 86.4 Å². The molecule has 1 saturated heterocycles. The number of imide groups is 1. The number of rotatable bonds is 4. The van der Waals surface area contributed by atoms with Crippen LogP contribution in [0, 0.1) is 0 Å². The van der Waals surface area contributed by atoms with Crippen LogP contribution in [0.4, 0.5) is 4.79 Å². The molecular weight excluding hydrogens is 202 g/mol. The summed E-state index contributed by atoms with van der Waals surface area (Å²) in [5.41, 5.74) is 0. The van der Waals surface area contributed by atoms with Crippen molar-refractivity contribution in [2.24, 2.45) is 0 Å². The van der Waals surface area contributed by atoms with Gasteiger partial charge in [-0.15, -0.1) is 0 Å². The predicted octanol–water partition coefficient (Wildman–Crippen LogP) is -1.96. The van der Waals surface area contributed by atoms with E-state index < -0.39 is 23.9 Å². The third-order valence-electron chi connectivity index (χ3n) is 1.92. The second-order valence-electron chi connectivity index (χ2n) is 3.29. The number of hydrogen-bond acceptors (Lipinski definition) is 4. The van der Waals surface area contributed by atoms with Gasteiger partial charge in [0.05, 0.1) is 13.2 Å². The van der Waals surface area contributed by atoms with Crippen molar-refractivity contribution >= 4 is 17.8 Å². The van der Waals surface area contributed by atoms with Gasteiger partial charge in [-0.1, -0.05) is 0 Å². The van der Waals surface area contributed by atoms with Crippen LogP contribution in [0.15, 0.2) is 0 Å². The quantitative estimate of drug-likeness (QED) is 0.474. The maximum Gasteiger partial charge on any atom is 0.325 e. The lowest BCUT2D eigenvalue weighted by Gasteiger charge is -2.14. The molecule has 7 heteroatoms. The van der Waals surface area contributed by atoms with Crippen molar-refractivity contribution in [3.8, 4) is 0 Å². The summed E-state index contributed by atoms with van der Waals surface area (Å²) in [6.45, 7) is 1.05. The monoisotopic (exact) mass is 215 g/mol. The molecule has 0 bridgehead atoms. The zero-order valence-electron chi connectivity index (χ0n) is 8.32. The number of urea groups is 1. The molecule has 0 spiro atoms. The van der Waals surface area contributed by atoms with Crippen molar-refractivity contribution in [2.75, 3.05) is 19.7 Å². The molecule has 15 heavy (non-hydrogen) atoms. The Morgan fingerprint density at radius 3 is 2.80 bits per heavy atom. The van der Waals surface area contributed by atoms with E-state index in [1.165, 1.54) is 0 Å². The molecule has 0 aromatic rings. The largest absolute Gasteiger partial charge is 0.394 e. The van der Waals surface area contributed by atoms with Crippen molar-refractivity contribution < 1.29 is 19.5 Å². The lowest BCUT2D eigenvalue weighted by atomic mass is 10.3. The Bertz CT molecular complexity index is 276. The predicted molar refractivity (Wildman–Crippen MR) is 49.8 cm³/mol. The first-order valence-electron chi connectivity index (χ1n) is 4.53. The number of nitrogens with one attached hydrogen (secondary N) is 2. The molecule has 1 aliphatic heterocycles. The number of aliphatic hydroxyl groups is 1. The lowest BCUT2D eigenvalue weighted by molar-refractivity contribution is -0.131. The van der Waals surface area contributed by atoms with Crippen molar-refractivity contribution in [1.82, 2.24) is 15.5 Å². The molecule has 0 saturated carbocycles. The molecule has 0 unspecified atom stereocenters. The van der Waals surface area contributed by atoms with Crippen LogP contribution in [0.25, 0.3) is 0 Å². The van der Waals surface area contributed by atoms with Gasteiger partial charge < -0.3 is 15.7 Å². The number of nitrogens with zero attached hydrogens (tertiary/aromatic N) is 1. The summed E-state index contributed by atoms with van der Waals surface area (Å²) in [4.78, 5) is 34.2. The molecule has 0 radical (unpaired) electrons. The molecule has 0 aliphatic carbocycles. The van der Waals surface area contributed by atoms with E-state index in [1.54, 1.807) is 6.92 Å². The van der Waals surface area contributed by atoms with Crippen molar-refractivity contribution in [2.45, 2.75) is 13.0 Å². The van der Waals surface area contributed by atoms with Gasteiger partial charge in [0.15, 0.2) is 0 Å². The highest BCUT2D eigenvalue weighted by atomic mass is 16.3. The molecule has 1 atom stereocenters. The second-order valence-corrected chi connectivity index (χ2v) is 3.29. The van der Waals surface area contributed by atoms with Crippen LogP contribution in [-0.4, -0.2) is 53.6 Å². The standard InChI is InChI=1S/C8H13N3O4/c1-5(4-12)10-6(13)3-11-7(14)2-9-8(11)15/h5,12H,2-4H2,1H3,(H,9,15)(H,10,13)/t5-/m0/s1. The fraction of sp³-hybridized carbons (Fsp3) is 0.625. The van der Waals surface area contributed by atoms with Gasteiger partial charge in [-0.3, -0.25) is 14.5 Å². The van der Waals surface area contributed by atoms with Crippen LogP contribution in [0.3, 0.4) is 0 Å². The fourth-order valence-corrected chi connectivity index (χ4v) is 1.13. The highest BCUT2D eigenvalue weighted by molar-refractivity contribution is 6.04. The van der Waals surface area contributed by atoms with Crippen molar-refractivity contribution in [3.05, 3.63) is 0 Å². The van der Waals surface area contributed by atoms with E-state index in [2.05, 4.69) is 10.6 Å². The fourth-order valence-electron chi connectivity index (χ4n) is 1.13. The van der Waals surface area contributed by atoms with Crippen LogP contribution in [0.1, 0.15) is 6.92 Å². The Kier molecular flexibility index (Phi) is 3.62. The third kappa shape index (κ3) is 2.91. The SMILES string of the molecule is C[C@@H](CO)NC(=O)CN1C(=O)CNC1=O. The molecule has 0 aromatic heterocycles. The molecule has 7 nitrogen and oxygen atoms in total. The van der Waals surface area contributed by atoms with E-state index in [9.17, 15) is 14.4 Å². The van der Waals surface area contributed by atoms with Gasteiger partial charge in [-0.05, 0) is 6.92 Å². The van der Waals surface area contributed by atoms with Crippen LogP contribution < -0.4 is 10.6 Å². The first-order chi connectivity index (χ1) is 7.04. The number of aliphatic hydroxyl groups excluding tert-OH is 1. The molecule has 1 rings (SSSR count). The summed E-state index contributed by atoms with van der Waals surface area (Å²) in [7, 11) is 0. The minimum absolute atomic E-state index is 0.0678. The normalized spacial score (nSPS) is 17.6.